The molecule has 1 aliphatic heterocycles. The SMILES string of the molecule is Cc1ccc(C(=O)N2CCCCCC2CCl)cn1. The maximum Gasteiger partial charge on any atom is 0.255 e. The van der Waals surface area contributed by atoms with E-state index in [9.17, 15) is 4.79 Å². The van der Waals surface area contributed by atoms with E-state index in [4.69, 9.17) is 11.6 Å². The van der Waals surface area contributed by atoms with E-state index in [1.807, 2.05) is 24.0 Å². The Labute approximate surface area is 113 Å². The molecular weight excluding hydrogens is 248 g/mol. The molecule has 0 aromatic carbocycles. The van der Waals surface area contributed by atoms with E-state index >= 15 is 0 Å². The minimum Gasteiger partial charge on any atom is -0.334 e. The zero-order valence-electron chi connectivity index (χ0n) is 10.7. The fraction of sp³-hybridized carbons (Fsp3) is 0.571. The van der Waals surface area contributed by atoms with Crippen molar-refractivity contribution < 1.29 is 4.79 Å². The number of likely N-dealkylation sites (tertiary alicyclic amines) is 1. The van der Waals surface area contributed by atoms with Crippen molar-refractivity contribution in [3.8, 4) is 0 Å². The molecule has 1 aromatic heterocycles. The summed E-state index contributed by atoms with van der Waals surface area (Å²) < 4.78 is 0. The van der Waals surface area contributed by atoms with Gasteiger partial charge >= 0.3 is 0 Å². The maximum atomic E-state index is 12.5. The molecule has 0 radical (unpaired) electrons. The Morgan fingerprint density at radius 2 is 2.28 bits per heavy atom. The van der Waals surface area contributed by atoms with E-state index < -0.39 is 0 Å². The van der Waals surface area contributed by atoms with Crippen LogP contribution in [0.2, 0.25) is 0 Å². The summed E-state index contributed by atoms with van der Waals surface area (Å²) in [5.41, 5.74) is 1.59. The van der Waals surface area contributed by atoms with E-state index in [-0.39, 0.29) is 11.9 Å². The first kappa shape index (κ1) is 13.3. The van der Waals surface area contributed by atoms with Crippen molar-refractivity contribution in [3.63, 3.8) is 0 Å². The molecule has 0 saturated carbocycles. The zero-order valence-corrected chi connectivity index (χ0v) is 11.5. The molecule has 2 rings (SSSR count). The van der Waals surface area contributed by atoms with Crippen LogP contribution in [-0.2, 0) is 0 Å². The third-order valence-electron chi connectivity index (χ3n) is 3.47. The van der Waals surface area contributed by atoms with Crippen molar-refractivity contribution in [1.82, 2.24) is 9.88 Å². The summed E-state index contributed by atoms with van der Waals surface area (Å²) in [7, 11) is 0. The fourth-order valence-corrected chi connectivity index (χ4v) is 2.69. The lowest BCUT2D eigenvalue weighted by molar-refractivity contribution is 0.0700. The Kier molecular flexibility index (Phi) is 4.59. The number of aromatic nitrogens is 1. The van der Waals surface area contributed by atoms with Crippen molar-refractivity contribution >= 4 is 17.5 Å². The first-order chi connectivity index (χ1) is 8.72. The van der Waals surface area contributed by atoms with E-state index in [0.29, 0.717) is 11.4 Å². The smallest absolute Gasteiger partial charge is 0.255 e. The highest BCUT2D eigenvalue weighted by atomic mass is 35.5. The van der Waals surface area contributed by atoms with Crippen molar-refractivity contribution in [2.75, 3.05) is 12.4 Å². The molecule has 0 aliphatic carbocycles. The number of halogens is 1. The van der Waals surface area contributed by atoms with Gasteiger partial charge in [-0.05, 0) is 31.9 Å². The summed E-state index contributed by atoms with van der Waals surface area (Å²) in [4.78, 5) is 18.6. The largest absolute Gasteiger partial charge is 0.334 e. The summed E-state index contributed by atoms with van der Waals surface area (Å²) in [5, 5.41) is 0. The molecule has 2 heterocycles. The van der Waals surface area contributed by atoms with Gasteiger partial charge in [0.25, 0.3) is 5.91 Å². The molecule has 1 saturated heterocycles. The molecular formula is C14H19ClN2O. The summed E-state index contributed by atoms with van der Waals surface area (Å²) >= 11 is 5.99. The Hall–Kier alpha value is -1.09. The van der Waals surface area contributed by atoms with Crippen molar-refractivity contribution in [2.24, 2.45) is 0 Å². The van der Waals surface area contributed by atoms with E-state index in [1.165, 1.54) is 6.42 Å². The number of aryl methyl sites for hydroxylation is 1. The summed E-state index contributed by atoms with van der Waals surface area (Å²) in [6.07, 6.45) is 6.08. The van der Waals surface area contributed by atoms with Crippen molar-refractivity contribution in [2.45, 2.75) is 38.6 Å². The minimum absolute atomic E-state index is 0.0649. The van der Waals surface area contributed by atoms with Crippen LogP contribution in [0.5, 0.6) is 0 Å². The number of nitrogens with zero attached hydrogens (tertiary/aromatic N) is 2. The summed E-state index contributed by atoms with van der Waals surface area (Å²) in [6, 6.07) is 3.89. The first-order valence-corrected chi connectivity index (χ1v) is 7.05. The number of rotatable bonds is 2. The van der Waals surface area contributed by atoms with Crippen LogP contribution in [0, 0.1) is 6.92 Å². The van der Waals surface area contributed by atoms with Gasteiger partial charge in [-0.3, -0.25) is 9.78 Å². The minimum atomic E-state index is 0.0649. The molecule has 1 aliphatic rings. The standard InChI is InChI=1S/C14H19ClN2O/c1-11-6-7-12(10-16-11)14(18)17-8-4-2-3-5-13(17)9-15/h6-7,10,13H,2-5,8-9H2,1H3. The Bertz CT molecular complexity index is 405. The van der Waals surface area contributed by atoms with Gasteiger partial charge in [-0.25, -0.2) is 0 Å². The van der Waals surface area contributed by atoms with Gasteiger partial charge in [0, 0.05) is 30.4 Å². The third kappa shape index (κ3) is 3.02. The monoisotopic (exact) mass is 266 g/mol. The van der Waals surface area contributed by atoms with Crippen LogP contribution in [0.3, 0.4) is 0 Å². The number of alkyl halides is 1. The maximum absolute atomic E-state index is 12.5. The lowest BCUT2D eigenvalue weighted by atomic mass is 10.1. The molecule has 4 heteroatoms. The average Bonchev–Trinajstić information content (AvgIpc) is 2.63. The number of hydrogen-bond acceptors (Lipinski definition) is 2. The van der Waals surface area contributed by atoms with Crippen LogP contribution in [0.1, 0.15) is 41.7 Å². The average molecular weight is 267 g/mol. The molecule has 0 spiro atoms. The van der Waals surface area contributed by atoms with Gasteiger partial charge in [-0.1, -0.05) is 12.8 Å². The molecule has 0 bridgehead atoms. The van der Waals surface area contributed by atoms with Gasteiger partial charge in [0.1, 0.15) is 0 Å². The van der Waals surface area contributed by atoms with E-state index in [2.05, 4.69) is 4.98 Å². The predicted molar refractivity (Wildman–Crippen MR) is 73.0 cm³/mol. The molecule has 1 atom stereocenters. The Morgan fingerprint density at radius 1 is 1.44 bits per heavy atom. The quantitative estimate of drug-likeness (QED) is 0.771. The van der Waals surface area contributed by atoms with E-state index in [0.717, 1.165) is 31.5 Å². The number of pyridine rings is 1. The number of hydrogen-bond donors (Lipinski definition) is 0. The number of carbonyl (C=O) groups excluding carboxylic acids is 1. The lowest BCUT2D eigenvalue weighted by Crippen LogP contribution is -2.41. The van der Waals surface area contributed by atoms with Crippen LogP contribution >= 0.6 is 11.6 Å². The van der Waals surface area contributed by atoms with Crippen LogP contribution < -0.4 is 0 Å². The fourth-order valence-electron chi connectivity index (χ4n) is 2.37. The second-order valence-electron chi connectivity index (χ2n) is 4.84. The van der Waals surface area contributed by atoms with Gasteiger partial charge in [0.2, 0.25) is 0 Å². The second kappa shape index (κ2) is 6.19. The highest BCUT2D eigenvalue weighted by Crippen LogP contribution is 2.20. The highest BCUT2D eigenvalue weighted by Gasteiger charge is 2.25. The topological polar surface area (TPSA) is 33.2 Å². The van der Waals surface area contributed by atoms with Crippen molar-refractivity contribution in [1.29, 1.82) is 0 Å². The lowest BCUT2D eigenvalue weighted by Gasteiger charge is -2.28. The predicted octanol–water partition coefficient (Wildman–Crippen LogP) is 3.01. The molecule has 1 amide bonds. The molecule has 3 nitrogen and oxygen atoms in total. The summed E-state index contributed by atoms with van der Waals surface area (Å²) in [6.45, 7) is 2.73. The summed E-state index contributed by atoms with van der Waals surface area (Å²) in [5.74, 6) is 0.584. The Balaban J connectivity index is 2.17. The van der Waals surface area contributed by atoms with Gasteiger partial charge in [-0.2, -0.15) is 0 Å². The first-order valence-electron chi connectivity index (χ1n) is 6.52. The second-order valence-corrected chi connectivity index (χ2v) is 5.15. The van der Waals surface area contributed by atoms with Gasteiger partial charge < -0.3 is 4.90 Å². The molecule has 98 valence electrons. The highest BCUT2D eigenvalue weighted by molar-refractivity contribution is 6.18. The van der Waals surface area contributed by atoms with Crippen molar-refractivity contribution in [3.05, 3.63) is 29.6 Å². The number of carbonyl (C=O) groups is 1. The van der Waals surface area contributed by atoms with Gasteiger partial charge in [0.15, 0.2) is 0 Å². The van der Waals surface area contributed by atoms with Gasteiger partial charge in [-0.15, -0.1) is 11.6 Å². The van der Waals surface area contributed by atoms with Crippen LogP contribution in [0.4, 0.5) is 0 Å². The zero-order chi connectivity index (χ0) is 13.0. The van der Waals surface area contributed by atoms with Crippen LogP contribution in [0.15, 0.2) is 18.3 Å². The van der Waals surface area contributed by atoms with E-state index in [1.54, 1.807) is 6.20 Å². The Morgan fingerprint density at radius 3 is 2.94 bits per heavy atom. The van der Waals surface area contributed by atoms with Gasteiger partial charge in [0.05, 0.1) is 5.56 Å². The van der Waals surface area contributed by atoms with Crippen LogP contribution in [0.25, 0.3) is 0 Å². The number of amides is 1. The molecule has 1 unspecified atom stereocenters. The normalized spacial score (nSPS) is 20.6. The van der Waals surface area contributed by atoms with Crippen LogP contribution in [-0.4, -0.2) is 34.3 Å². The molecule has 1 aromatic rings. The molecule has 0 N–H and O–H groups in total. The molecule has 1 fully saturated rings. The third-order valence-corrected chi connectivity index (χ3v) is 3.83. The molecule has 18 heavy (non-hydrogen) atoms.